The Morgan fingerprint density at radius 1 is 1.39 bits per heavy atom. The molecule has 0 aromatic heterocycles. The van der Waals surface area contributed by atoms with Gasteiger partial charge in [-0.3, -0.25) is 0 Å². The molecule has 1 saturated heterocycles. The first-order valence-electron chi connectivity index (χ1n) is 6.41. The lowest BCUT2D eigenvalue weighted by atomic mass is 10.0. The first-order valence-corrected chi connectivity index (χ1v) is 6.41. The van der Waals surface area contributed by atoms with E-state index in [4.69, 9.17) is 0 Å². The van der Waals surface area contributed by atoms with E-state index in [1.54, 1.807) is 13.0 Å². The van der Waals surface area contributed by atoms with Crippen molar-refractivity contribution in [3.8, 4) is 0 Å². The highest BCUT2D eigenvalue weighted by molar-refractivity contribution is 5.56. The van der Waals surface area contributed by atoms with Gasteiger partial charge in [-0.05, 0) is 39.1 Å². The number of anilines is 1. The van der Waals surface area contributed by atoms with Crippen molar-refractivity contribution in [3.63, 3.8) is 0 Å². The van der Waals surface area contributed by atoms with Crippen LogP contribution in [0.4, 0.5) is 10.1 Å². The Labute approximate surface area is 108 Å². The van der Waals surface area contributed by atoms with Gasteiger partial charge >= 0.3 is 0 Å². The molecule has 1 N–H and O–H groups in total. The van der Waals surface area contributed by atoms with Crippen molar-refractivity contribution in [2.24, 2.45) is 0 Å². The van der Waals surface area contributed by atoms with E-state index in [0.717, 1.165) is 25.3 Å². The van der Waals surface area contributed by atoms with Gasteiger partial charge in [-0.1, -0.05) is 0 Å². The number of hydrogen-bond acceptors (Lipinski definition) is 3. The molecule has 1 fully saturated rings. The van der Waals surface area contributed by atoms with Gasteiger partial charge in [0.25, 0.3) is 0 Å². The number of aliphatic hydroxyl groups excluding tert-OH is 1. The largest absolute Gasteiger partial charge is 0.389 e. The SMILES string of the molecule is CC(O)c1cc(F)ccc1N1CCN(C)CC1C. The smallest absolute Gasteiger partial charge is 0.123 e. The molecule has 1 heterocycles. The number of likely N-dealkylation sites (N-methyl/N-ethyl adjacent to an activating group) is 1. The Hall–Kier alpha value is -1.13. The maximum Gasteiger partial charge on any atom is 0.123 e. The topological polar surface area (TPSA) is 26.7 Å². The van der Waals surface area contributed by atoms with Gasteiger partial charge in [0.2, 0.25) is 0 Å². The number of rotatable bonds is 2. The quantitative estimate of drug-likeness (QED) is 0.872. The van der Waals surface area contributed by atoms with Crippen LogP contribution in [0.2, 0.25) is 0 Å². The van der Waals surface area contributed by atoms with Gasteiger partial charge in [-0.25, -0.2) is 4.39 Å². The summed E-state index contributed by atoms with van der Waals surface area (Å²) in [6, 6.07) is 5.04. The van der Waals surface area contributed by atoms with Gasteiger partial charge in [0.1, 0.15) is 5.82 Å². The summed E-state index contributed by atoms with van der Waals surface area (Å²) in [4.78, 5) is 4.54. The van der Waals surface area contributed by atoms with Crippen molar-refractivity contribution >= 4 is 5.69 Å². The summed E-state index contributed by atoms with van der Waals surface area (Å²) in [6.07, 6.45) is -0.650. The highest BCUT2D eigenvalue weighted by Crippen LogP contribution is 2.29. The molecule has 2 rings (SSSR count). The molecule has 1 aromatic rings. The second kappa shape index (κ2) is 5.24. The Balaban J connectivity index is 2.32. The second-order valence-corrected chi connectivity index (χ2v) is 5.18. The summed E-state index contributed by atoms with van der Waals surface area (Å²) < 4.78 is 13.3. The van der Waals surface area contributed by atoms with Crippen molar-refractivity contribution in [2.45, 2.75) is 26.0 Å². The van der Waals surface area contributed by atoms with Crippen LogP contribution >= 0.6 is 0 Å². The average molecular weight is 252 g/mol. The third-order valence-corrected chi connectivity index (χ3v) is 3.58. The van der Waals surface area contributed by atoms with Crippen LogP contribution in [0.25, 0.3) is 0 Å². The molecule has 0 spiro atoms. The normalized spacial score (nSPS) is 23.2. The second-order valence-electron chi connectivity index (χ2n) is 5.18. The highest BCUT2D eigenvalue weighted by atomic mass is 19.1. The van der Waals surface area contributed by atoms with Crippen molar-refractivity contribution < 1.29 is 9.50 Å². The minimum atomic E-state index is -0.650. The zero-order valence-corrected chi connectivity index (χ0v) is 11.2. The fourth-order valence-corrected chi connectivity index (χ4v) is 2.62. The molecular weight excluding hydrogens is 231 g/mol. The van der Waals surface area contributed by atoms with E-state index in [0.29, 0.717) is 11.6 Å². The average Bonchev–Trinajstić information content (AvgIpc) is 2.29. The molecule has 1 aromatic carbocycles. The maximum absolute atomic E-state index is 13.3. The van der Waals surface area contributed by atoms with Crippen LogP contribution in [0.5, 0.6) is 0 Å². The Bertz CT molecular complexity index is 422. The van der Waals surface area contributed by atoms with Crippen LogP contribution in [-0.2, 0) is 0 Å². The van der Waals surface area contributed by atoms with E-state index in [-0.39, 0.29) is 5.82 Å². The third-order valence-electron chi connectivity index (χ3n) is 3.58. The summed E-state index contributed by atoms with van der Waals surface area (Å²) in [5.41, 5.74) is 1.62. The molecule has 0 bridgehead atoms. The Kier molecular flexibility index (Phi) is 3.88. The van der Waals surface area contributed by atoms with Crippen LogP contribution in [0, 0.1) is 5.82 Å². The molecule has 100 valence electrons. The van der Waals surface area contributed by atoms with Gasteiger partial charge in [-0.2, -0.15) is 0 Å². The lowest BCUT2D eigenvalue weighted by Gasteiger charge is -2.41. The predicted octanol–water partition coefficient (Wildman–Crippen LogP) is 2.02. The first kappa shape index (κ1) is 13.3. The molecule has 0 saturated carbocycles. The maximum atomic E-state index is 13.3. The number of hydrogen-bond donors (Lipinski definition) is 1. The number of piperazine rings is 1. The summed E-state index contributed by atoms with van der Waals surface area (Å²) >= 11 is 0. The summed E-state index contributed by atoms with van der Waals surface area (Å²) in [5.74, 6) is -0.295. The molecule has 0 radical (unpaired) electrons. The highest BCUT2D eigenvalue weighted by Gasteiger charge is 2.24. The molecule has 1 aliphatic heterocycles. The van der Waals surface area contributed by atoms with E-state index in [9.17, 15) is 9.50 Å². The van der Waals surface area contributed by atoms with Crippen LogP contribution in [0.15, 0.2) is 18.2 Å². The van der Waals surface area contributed by atoms with Gasteiger partial charge in [-0.15, -0.1) is 0 Å². The molecule has 2 unspecified atom stereocenters. The van der Waals surface area contributed by atoms with Gasteiger partial charge in [0.05, 0.1) is 6.10 Å². The number of aliphatic hydroxyl groups is 1. The van der Waals surface area contributed by atoms with Gasteiger partial charge < -0.3 is 14.9 Å². The minimum Gasteiger partial charge on any atom is -0.389 e. The molecule has 0 aliphatic carbocycles. The lowest BCUT2D eigenvalue weighted by Crippen LogP contribution is -2.50. The zero-order chi connectivity index (χ0) is 13.3. The third kappa shape index (κ3) is 2.65. The predicted molar refractivity (Wildman–Crippen MR) is 71.3 cm³/mol. The molecule has 3 nitrogen and oxygen atoms in total. The standard InChI is InChI=1S/C14H21FN2O/c1-10-9-16(3)6-7-17(10)14-5-4-12(15)8-13(14)11(2)18/h4-5,8,10-11,18H,6-7,9H2,1-3H3. The number of nitrogens with zero attached hydrogens (tertiary/aromatic N) is 2. The lowest BCUT2D eigenvalue weighted by molar-refractivity contribution is 0.198. The molecule has 4 heteroatoms. The summed E-state index contributed by atoms with van der Waals surface area (Å²) in [6.45, 7) is 6.71. The van der Waals surface area contributed by atoms with E-state index in [1.165, 1.54) is 12.1 Å². The van der Waals surface area contributed by atoms with Gasteiger partial charge in [0, 0.05) is 36.9 Å². The van der Waals surface area contributed by atoms with Crippen molar-refractivity contribution in [2.75, 3.05) is 31.6 Å². The van der Waals surface area contributed by atoms with Crippen molar-refractivity contribution in [3.05, 3.63) is 29.6 Å². The molecule has 18 heavy (non-hydrogen) atoms. The van der Waals surface area contributed by atoms with Crippen LogP contribution < -0.4 is 4.90 Å². The monoisotopic (exact) mass is 252 g/mol. The van der Waals surface area contributed by atoms with E-state index in [2.05, 4.69) is 23.8 Å². The number of benzene rings is 1. The van der Waals surface area contributed by atoms with E-state index >= 15 is 0 Å². The van der Waals surface area contributed by atoms with Crippen LogP contribution in [0.1, 0.15) is 25.5 Å². The molecule has 0 amide bonds. The molecular formula is C14H21FN2O. The van der Waals surface area contributed by atoms with E-state index < -0.39 is 6.10 Å². The van der Waals surface area contributed by atoms with Crippen LogP contribution in [-0.4, -0.2) is 42.7 Å². The molecule has 1 aliphatic rings. The Morgan fingerprint density at radius 2 is 2.11 bits per heavy atom. The fourth-order valence-electron chi connectivity index (χ4n) is 2.62. The van der Waals surface area contributed by atoms with Crippen LogP contribution in [0.3, 0.4) is 0 Å². The minimum absolute atomic E-state index is 0.295. The summed E-state index contributed by atoms with van der Waals surface area (Å²) in [7, 11) is 2.11. The first-order chi connectivity index (χ1) is 8.49. The fraction of sp³-hybridized carbons (Fsp3) is 0.571. The van der Waals surface area contributed by atoms with Crippen molar-refractivity contribution in [1.29, 1.82) is 0 Å². The van der Waals surface area contributed by atoms with E-state index in [1.807, 2.05) is 0 Å². The van der Waals surface area contributed by atoms with Crippen molar-refractivity contribution in [1.82, 2.24) is 4.90 Å². The van der Waals surface area contributed by atoms with Gasteiger partial charge in [0.15, 0.2) is 0 Å². The number of halogens is 1. The molecule has 2 atom stereocenters. The summed E-state index contributed by atoms with van der Waals surface area (Å²) in [5, 5.41) is 9.79. The zero-order valence-electron chi connectivity index (χ0n) is 11.2. The Morgan fingerprint density at radius 3 is 2.72 bits per heavy atom.